The van der Waals surface area contributed by atoms with Crippen LogP contribution < -0.4 is 5.32 Å². The number of halogens is 4. The van der Waals surface area contributed by atoms with Gasteiger partial charge in [-0.15, -0.1) is 0 Å². The van der Waals surface area contributed by atoms with E-state index in [4.69, 9.17) is 9.90 Å². The van der Waals surface area contributed by atoms with Crippen LogP contribution in [0.25, 0.3) is 16.8 Å². The molecule has 1 amide bonds. The number of alkyl halides is 3. The number of carboxylic acid groups (broad SMARTS) is 1. The minimum atomic E-state index is -5.08. The number of carboxylic acids is 1. The number of imidazole rings is 1. The highest BCUT2D eigenvalue weighted by Gasteiger charge is 2.51. The van der Waals surface area contributed by atoms with Gasteiger partial charge >= 0.3 is 12.1 Å². The average Bonchev–Trinajstić information content (AvgIpc) is 3.17. The second-order valence-electron chi connectivity index (χ2n) is 10.7. The molecule has 0 unspecified atom stereocenters. The number of carbonyl (C=O) groups excluding carboxylic acids is 1. The lowest BCUT2D eigenvalue weighted by atomic mass is 9.53. The molecule has 3 aromatic rings. The molecule has 4 bridgehead atoms. The van der Waals surface area contributed by atoms with Gasteiger partial charge in [-0.05, 0) is 93.0 Å². The Bertz CT molecular complexity index is 1330. The molecule has 10 heteroatoms. The summed E-state index contributed by atoms with van der Waals surface area (Å²) >= 11 is 0. The van der Waals surface area contributed by atoms with Crippen molar-refractivity contribution in [3.05, 3.63) is 59.8 Å². The van der Waals surface area contributed by atoms with Crippen LogP contribution in [0.15, 0.2) is 42.6 Å². The quantitative estimate of drug-likeness (QED) is 0.432. The van der Waals surface area contributed by atoms with Crippen LogP contribution >= 0.6 is 0 Å². The van der Waals surface area contributed by atoms with Crippen LogP contribution in [-0.4, -0.2) is 38.1 Å². The van der Waals surface area contributed by atoms with Crippen molar-refractivity contribution in [2.75, 3.05) is 0 Å². The summed E-state index contributed by atoms with van der Waals surface area (Å²) in [6.45, 7) is 1.86. The van der Waals surface area contributed by atoms with Gasteiger partial charge in [0.1, 0.15) is 5.82 Å². The zero-order chi connectivity index (χ0) is 26.5. The molecule has 2 N–H and O–H groups in total. The van der Waals surface area contributed by atoms with Crippen molar-refractivity contribution < 1.29 is 32.3 Å². The zero-order valence-corrected chi connectivity index (χ0v) is 20.2. The fraction of sp³-hybridized carbons (Fsp3) is 0.444. The number of aromatic nitrogens is 2. The zero-order valence-electron chi connectivity index (χ0n) is 20.2. The largest absolute Gasteiger partial charge is 0.490 e. The smallest absolute Gasteiger partial charge is 0.475 e. The topological polar surface area (TPSA) is 83.7 Å². The number of benzene rings is 1. The van der Waals surface area contributed by atoms with Gasteiger partial charge in [0.05, 0.1) is 11.2 Å². The molecule has 0 saturated heterocycles. The van der Waals surface area contributed by atoms with E-state index >= 15 is 0 Å². The molecule has 0 aliphatic heterocycles. The van der Waals surface area contributed by atoms with Crippen LogP contribution in [0.5, 0.6) is 0 Å². The molecule has 0 atom stereocenters. The third-order valence-corrected chi connectivity index (χ3v) is 7.79. The van der Waals surface area contributed by atoms with Crippen LogP contribution in [0.1, 0.15) is 54.7 Å². The second kappa shape index (κ2) is 9.15. The number of hydrogen-bond acceptors (Lipinski definition) is 3. The van der Waals surface area contributed by atoms with E-state index in [-0.39, 0.29) is 17.3 Å². The van der Waals surface area contributed by atoms with Gasteiger partial charge in [0.15, 0.2) is 0 Å². The Labute approximate surface area is 210 Å². The summed E-state index contributed by atoms with van der Waals surface area (Å²) in [5.41, 5.74) is 2.47. The predicted octanol–water partition coefficient (Wildman–Crippen LogP) is 5.78. The van der Waals surface area contributed by atoms with Crippen molar-refractivity contribution in [2.24, 2.45) is 17.8 Å². The van der Waals surface area contributed by atoms with Crippen molar-refractivity contribution in [3.63, 3.8) is 0 Å². The summed E-state index contributed by atoms with van der Waals surface area (Å²) in [6, 6.07) is 10.8. The van der Waals surface area contributed by atoms with Gasteiger partial charge in [0.2, 0.25) is 5.82 Å². The Morgan fingerprint density at radius 2 is 1.65 bits per heavy atom. The van der Waals surface area contributed by atoms with Gasteiger partial charge in [0.25, 0.3) is 5.91 Å². The highest BCUT2D eigenvalue weighted by Crippen LogP contribution is 2.55. The number of nitrogens with one attached hydrogen (secondary N) is 1. The Morgan fingerprint density at radius 3 is 2.19 bits per heavy atom. The van der Waals surface area contributed by atoms with E-state index in [2.05, 4.69) is 10.3 Å². The summed E-state index contributed by atoms with van der Waals surface area (Å²) in [6.07, 6.45) is 4.02. The molecular weight excluding hydrogens is 490 g/mol. The molecule has 4 fully saturated rings. The number of pyridine rings is 1. The first kappa shape index (κ1) is 25.2. The molecule has 37 heavy (non-hydrogen) atoms. The SMILES string of the molecule is Cc1ccc(-c2nc(C(=O)NC34CC5CC(CC(C5)C3)C4)n3ccccc23)c(F)c1.O=C(O)C(F)(F)F. The molecule has 0 radical (unpaired) electrons. The van der Waals surface area contributed by atoms with Crippen molar-refractivity contribution in [2.45, 2.75) is 57.2 Å². The first-order chi connectivity index (χ1) is 17.4. The van der Waals surface area contributed by atoms with Gasteiger partial charge in [-0.3, -0.25) is 9.20 Å². The van der Waals surface area contributed by atoms with Gasteiger partial charge in [-0.1, -0.05) is 12.1 Å². The van der Waals surface area contributed by atoms with E-state index in [0.29, 0.717) is 17.1 Å². The Morgan fingerprint density at radius 1 is 1.05 bits per heavy atom. The lowest BCUT2D eigenvalue weighted by molar-refractivity contribution is -0.192. The van der Waals surface area contributed by atoms with Crippen LogP contribution in [0, 0.1) is 30.5 Å². The number of hydrogen-bond donors (Lipinski definition) is 2. The molecule has 7 rings (SSSR count). The predicted molar refractivity (Wildman–Crippen MR) is 127 cm³/mol. The third kappa shape index (κ3) is 4.93. The van der Waals surface area contributed by atoms with Crippen molar-refractivity contribution in [1.82, 2.24) is 14.7 Å². The molecule has 196 valence electrons. The minimum absolute atomic E-state index is 0.0816. The van der Waals surface area contributed by atoms with E-state index < -0.39 is 12.1 Å². The first-order valence-corrected chi connectivity index (χ1v) is 12.3. The normalized spacial score (nSPS) is 26.0. The van der Waals surface area contributed by atoms with E-state index in [1.165, 1.54) is 25.3 Å². The van der Waals surface area contributed by atoms with Gasteiger partial charge in [-0.2, -0.15) is 13.2 Å². The fourth-order valence-electron chi connectivity index (χ4n) is 6.77. The minimum Gasteiger partial charge on any atom is -0.475 e. The summed E-state index contributed by atoms with van der Waals surface area (Å²) in [4.78, 5) is 27.0. The van der Waals surface area contributed by atoms with Gasteiger partial charge in [-0.25, -0.2) is 14.2 Å². The van der Waals surface area contributed by atoms with E-state index in [1.54, 1.807) is 10.5 Å². The molecule has 1 aromatic carbocycles. The first-order valence-electron chi connectivity index (χ1n) is 12.3. The maximum atomic E-state index is 14.7. The van der Waals surface area contributed by atoms with Crippen LogP contribution in [0.3, 0.4) is 0 Å². The maximum absolute atomic E-state index is 14.7. The molecule has 4 aliphatic carbocycles. The highest BCUT2D eigenvalue weighted by atomic mass is 19.4. The van der Waals surface area contributed by atoms with Crippen molar-refractivity contribution >= 4 is 17.4 Å². The lowest BCUT2D eigenvalue weighted by Crippen LogP contribution is -2.60. The monoisotopic (exact) mass is 517 g/mol. The summed E-state index contributed by atoms with van der Waals surface area (Å²) in [5.74, 6) is -0.602. The Balaban J connectivity index is 0.000000355. The second-order valence-corrected chi connectivity index (χ2v) is 10.7. The Hall–Kier alpha value is -3.43. The highest BCUT2D eigenvalue weighted by molar-refractivity contribution is 5.95. The lowest BCUT2D eigenvalue weighted by Gasteiger charge is -2.56. The van der Waals surface area contributed by atoms with Crippen molar-refractivity contribution in [1.29, 1.82) is 0 Å². The molecule has 2 aromatic heterocycles. The van der Waals surface area contributed by atoms with Crippen LogP contribution in [-0.2, 0) is 4.79 Å². The average molecular weight is 518 g/mol. The number of rotatable bonds is 3. The third-order valence-electron chi connectivity index (χ3n) is 7.79. The number of nitrogens with zero attached hydrogens (tertiary/aromatic N) is 2. The van der Waals surface area contributed by atoms with Gasteiger partial charge in [0, 0.05) is 17.3 Å². The number of fused-ring (bicyclic) bond motifs is 1. The van der Waals surface area contributed by atoms with E-state index in [9.17, 15) is 22.4 Å². The number of carbonyl (C=O) groups is 2. The molecule has 4 aliphatic rings. The molecule has 0 spiro atoms. The summed E-state index contributed by atoms with van der Waals surface area (Å²) in [7, 11) is 0. The molecular formula is C27H27F4N3O3. The van der Waals surface area contributed by atoms with Crippen LogP contribution in [0.4, 0.5) is 17.6 Å². The van der Waals surface area contributed by atoms with Gasteiger partial charge < -0.3 is 10.4 Å². The maximum Gasteiger partial charge on any atom is 0.490 e. The molecule has 6 nitrogen and oxygen atoms in total. The summed E-state index contributed by atoms with van der Waals surface area (Å²) in [5, 5.41) is 10.5. The fourth-order valence-corrected chi connectivity index (χ4v) is 6.77. The molecule has 4 saturated carbocycles. The van der Waals surface area contributed by atoms with Crippen molar-refractivity contribution in [3.8, 4) is 11.3 Å². The van der Waals surface area contributed by atoms with E-state index in [0.717, 1.165) is 48.1 Å². The molecule has 2 heterocycles. The standard InChI is InChI=1S/C25H26FN3O.C2HF3O2/c1-15-5-6-19(20(26)8-15)22-21-4-2-3-7-29(21)23(27-22)24(30)28-25-12-16-9-17(13-25)11-18(10-16)14-25;3-2(4,5)1(6)7/h2-8,16-18H,9-14H2,1H3,(H,28,30);(H,6,7). The number of aliphatic carboxylic acids is 1. The summed E-state index contributed by atoms with van der Waals surface area (Å²) < 4.78 is 48.2. The van der Waals surface area contributed by atoms with E-state index in [1.807, 2.05) is 37.4 Å². The number of aryl methyl sites for hydroxylation is 1. The number of amides is 1. The van der Waals surface area contributed by atoms with Crippen LogP contribution in [0.2, 0.25) is 0 Å². The Kier molecular flexibility index (Phi) is 6.24.